The first-order valence-electron chi connectivity index (χ1n) is 18.2. The van der Waals surface area contributed by atoms with E-state index < -0.39 is 11.4 Å². The summed E-state index contributed by atoms with van der Waals surface area (Å²) in [7, 11) is 0. The van der Waals surface area contributed by atoms with E-state index >= 15 is 0 Å². The number of unbranched alkanes of at least 4 members (excludes halogenated alkanes) is 13. The average Bonchev–Trinajstić information content (AvgIpc) is 3.75. The summed E-state index contributed by atoms with van der Waals surface area (Å²) in [6, 6.07) is 10.4. The van der Waals surface area contributed by atoms with Crippen molar-refractivity contribution in [1.82, 2.24) is 5.32 Å². The normalized spacial score (nSPS) is 25.2. The zero-order valence-electron chi connectivity index (χ0n) is 27.7. The minimum atomic E-state index is -0.977. The Labute approximate surface area is 268 Å². The van der Waals surface area contributed by atoms with Crippen molar-refractivity contribution in [2.45, 2.75) is 128 Å². The van der Waals surface area contributed by atoms with Gasteiger partial charge in [0.15, 0.2) is 0 Å². The van der Waals surface area contributed by atoms with Crippen LogP contribution < -0.4 is 5.32 Å². The number of hydrogen-bond donors (Lipinski definition) is 2. The van der Waals surface area contributed by atoms with Crippen LogP contribution in [0.3, 0.4) is 0 Å². The molecule has 4 atom stereocenters. The van der Waals surface area contributed by atoms with E-state index in [2.05, 4.69) is 42.6 Å². The highest BCUT2D eigenvalue weighted by molar-refractivity contribution is 5.81. The molecule has 1 aromatic rings. The zero-order chi connectivity index (χ0) is 30.9. The fraction of sp³-hybridized carbons (Fsp3) is 0.718. The van der Waals surface area contributed by atoms with Crippen molar-refractivity contribution in [3.8, 4) is 0 Å². The van der Waals surface area contributed by atoms with Gasteiger partial charge in [-0.05, 0) is 61.2 Å². The molecule has 5 heteroatoms. The van der Waals surface area contributed by atoms with Crippen LogP contribution in [0.2, 0.25) is 0 Å². The van der Waals surface area contributed by atoms with Crippen molar-refractivity contribution in [2.24, 2.45) is 17.3 Å². The molecule has 2 N–H and O–H groups in total. The number of aliphatic carboxylic acids is 1. The molecule has 0 radical (unpaired) electrons. The second-order valence-electron chi connectivity index (χ2n) is 13.9. The first kappa shape index (κ1) is 34.8. The van der Waals surface area contributed by atoms with E-state index in [4.69, 9.17) is 9.47 Å². The number of carbonyl (C=O) groups is 1. The maximum Gasteiger partial charge on any atom is 0.314 e. The Kier molecular flexibility index (Phi) is 15.3. The van der Waals surface area contributed by atoms with Gasteiger partial charge in [0, 0.05) is 44.6 Å². The second kappa shape index (κ2) is 19.4. The van der Waals surface area contributed by atoms with Gasteiger partial charge in [0.25, 0.3) is 0 Å². The molecule has 2 fully saturated rings. The summed E-state index contributed by atoms with van der Waals surface area (Å²) in [6.45, 7) is 6.17. The van der Waals surface area contributed by atoms with Crippen LogP contribution >= 0.6 is 0 Å². The number of hydrogen-bond acceptors (Lipinski definition) is 4. The van der Waals surface area contributed by atoms with Crippen LogP contribution in [0.15, 0.2) is 53.8 Å². The lowest BCUT2D eigenvalue weighted by atomic mass is 9.60. The van der Waals surface area contributed by atoms with Crippen LogP contribution in [0, 0.1) is 17.3 Å². The number of benzene rings is 1. The lowest BCUT2D eigenvalue weighted by Crippen LogP contribution is -2.42. The van der Waals surface area contributed by atoms with E-state index in [9.17, 15) is 9.90 Å². The van der Waals surface area contributed by atoms with Gasteiger partial charge in [0.05, 0.1) is 5.41 Å². The maximum absolute atomic E-state index is 13.3. The molecule has 0 spiro atoms. The monoisotopic (exact) mass is 607 g/mol. The lowest BCUT2D eigenvalue weighted by molar-refractivity contribution is -0.148. The number of allylic oxidation sites excluding steroid dienone is 2. The van der Waals surface area contributed by atoms with Crippen molar-refractivity contribution < 1.29 is 19.4 Å². The Morgan fingerprint density at radius 2 is 1.39 bits per heavy atom. The minimum Gasteiger partial charge on any atom is -0.481 e. The standard InChI is InChI=1S/C39H61NO4/c1-2-3-4-5-6-7-8-9-10-11-12-13-14-18-25-40-36-21-24-39(38(41)42,29-33-23-27-44-31-33)37(34-19-16-15-17-20-34)35(36)28-32-22-26-43-30-32/h15-17,19-21,24,32-33,37,40H,2-14,18,22-23,25-31H2,1H3,(H,41,42). The smallest absolute Gasteiger partial charge is 0.314 e. The quantitative estimate of drug-likeness (QED) is 0.129. The lowest BCUT2D eigenvalue weighted by Gasteiger charge is -2.42. The first-order chi connectivity index (χ1) is 21.6. The second-order valence-corrected chi connectivity index (χ2v) is 13.9. The highest BCUT2D eigenvalue weighted by Gasteiger charge is 2.50. The molecule has 0 saturated carbocycles. The molecule has 4 unspecified atom stereocenters. The minimum absolute atomic E-state index is 0.203. The summed E-state index contributed by atoms with van der Waals surface area (Å²) < 4.78 is 11.5. The predicted molar refractivity (Wildman–Crippen MR) is 181 cm³/mol. The van der Waals surface area contributed by atoms with Gasteiger partial charge in [-0.2, -0.15) is 0 Å². The number of nitrogens with one attached hydrogen (secondary N) is 1. The summed E-state index contributed by atoms with van der Waals surface area (Å²) >= 11 is 0. The van der Waals surface area contributed by atoms with Crippen LogP contribution in [0.4, 0.5) is 0 Å². The van der Waals surface area contributed by atoms with Gasteiger partial charge in [0.2, 0.25) is 0 Å². The summed E-state index contributed by atoms with van der Waals surface area (Å²) in [4.78, 5) is 13.3. The summed E-state index contributed by atoms with van der Waals surface area (Å²) in [6.07, 6.45) is 26.6. The molecular formula is C39H61NO4. The van der Waals surface area contributed by atoms with Gasteiger partial charge in [0.1, 0.15) is 0 Å². The summed E-state index contributed by atoms with van der Waals surface area (Å²) in [5.74, 6) is -0.225. The average molecular weight is 608 g/mol. The Morgan fingerprint density at radius 1 is 0.818 bits per heavy atom. The van der Waals surface area contributed by atoms with Crippen LogP contribution in [-0.2, 0) is 14.3 Å². The molecule has 5 nitrogen and oxygen atoms in total. The summed E-state index contributed by atoms with van der Waals surface area (Å²) in [5, 5.41) is 14.7. The highest BCUT2D eigenvalue weighted by atomic mass is 16.5. The zero-order valence-corrected chi connectivity index (χ0v) is 27.7. The van der Waals surface area contributed by atoms with Gasteiger partial charge < -0.3 is 19.9 Å². The first-order valence-corrected chi connectivity index (χ1v) is 18.2. The predicted octanol–water partition coefficient (Wildman–Crippen LogP) is 9.59. The molecular weight excluding hydrogens is 546 g/mol. The Hall–Kier alpha value is -2.11. The summed E-state index contributed by atoms with van der Waals surface area (Å²) in [5.41, 5.74) is 2.51. The maximum atomic E-state index is 13.3. The third kappa shape index (κ3) is 10.5. The van der Waals surface area contributed by atoms with Crippen molar-refractivity contribution >= 4 is 5.97 Å². The van der Waals surface area contributed by atoms with Crippen molar-refractivity contribution in [3.05, 3.63) is 59.3 Å². The Balaban J connectivity index is 1.33. The van der Waals surface area contributed by atoms with E-state index in [1.165, 1.54) is 89.0 Å². The van der Waals surface area contributed by atoms with Gasteiger partial charge in [-0.25, -0.2) is 0 Å². The Bertz CT molecular complexity index is 1010. The number of carboxylic acid groups (broad SMARTS) is 1. The molecule has 2 heterocycles. The van der Waals surface area contributed by atoms with E-state index in [0.29, 0.717) is 18.9 Å². The van der Waals surface area contributed by atoms with Crippen LogP contribution in [-0.4, -0.2) is 44.0 Å². The third-order valence-corrected chi connectivity index (χ3v) is 10.3. The molecule has 0 amide bonds. The fourth-order valence-corrected chi connectivity index (χ4v) is 7.73. The van der Waals surface area contributed by atoms with Crippen LogP contribution in [0.1, 0.15) is 134 Å². The van der Waals surface area contributed by atoms with Gasteiger partial charge in [-0.1, -0.05) is 127 Å². The van der Waals surface area contributed by atoms with Crippen LogP contribution in [0.25, 0.3) is 0 Å². The van der Waals surface area contributed by atoms with Gasteiger partial charge >= 0.3 is 5.97 Å². The van der Waals surface area contributed by atoms with E-state index in [-0.39, 0.29) is 11.8 Å². The molecule has 2 saturated heterocycles. The molecule has 0 aromatic heterocycles. The number of carboxylic acids is 1. The third-order valence-electron chi connectivity index (χ3n) is 10.3. The van der Waals surface area contributed by atoms with Crippen LogP contribution in [0.5, 0.6) is 0 Å². The largest absolute Gasteiger partial charge is 0.481 e. The fourth-order valence-electron chi connectivity index (χ4n) is 7.73. The van der Waals surface area contributed by atoms with Crippen molar-refractivity contribution in [3.63, 3.8) is 0 Å². The Morgan fingerprint density at radius 3 is 1.93 bits per heavy atom. The van der Waals surface area contributed by atoms with E-state index in [1.54, 1.807) is 0 Å². The van der Waals surface area contributed by atoms with Crippen molar-refractivity contribution in [2.75, 3.05) is 33.0 Å². The van der Waals surface area contributed by atoms with Gasteiger partial charge in [-0.15, -0.1) is 0 Å². The van der Waals surface area contributed by atoms with E-state index in [0.717, 1.165) is 63.3 Å². The number of rotatable bonds is 22. The van der Waals surface area contributed by atoms with Gasteiger partial charge in [-0.3, -0.25) is 4.79 Å². The molecule has 0 bridgehead atoms. The molecule has 1 aromatic carbocycles. The molecule has 3 aliphatic rings. The highest BCUT2D eigenvalue weighted by Crippen LogP contribution is 2.53. The van der Waals surface area contributed by atoms with Crippen molar-refractivity contribution in [1.29, 1.82) is 0 Å². The molecule has 2 aliphatic heterocycles. The topological polar surface area (TPSA) is 67.8 Å². The molecule has 246 valence electrons. The molecule has 4 rings (SSSR count). The number of ether oxygens (including phenoxy) is 2. The van der Waals surface area contributed by atoms with E-state index in [1.807, 2.05) is 12.1 Å². The SMILES string of the molecule is CCCCCCCCCCCCCCCCNC1=C(CC2CCOC2)C(c2ccccc2)C(CC2CCOC2)(C(=O)O)C=C1. The molecule has 1 aliphatic carbocycles. The molecule has 44 heavy (non-hydrogen) atoms.